The molecule has 1 aromatic carbocycles. The highest BCUT2D eigenvalue weighted by Crippen LogP contribution is 2.30. The Labute approximate surface area is 318 Å². The topological polar surface area (TPSA) is 172 Å². The number of aliphatic hydroxyl groups is 3. The summed E-state index contributed by atoms with van der Waals surface area (Å²) in [6.45, 7) is 3.26. The van der Waals surface area contributed by atoms with Crippen molar-refractivity contribution in [1.82, 2.24) is 9.80 Å². The van der Waals surface area contributed by atoms with Crippen LogP contribution in [0, 0.1) is 0 Å². The minimum atomic E-state index is -1.80. The van der Waals surface area contributed by atoms with Gasteiger partial charge in [-0.25, -0.2) is 14.5 Å². The van der Waals surface area contributed by atoms with Gasteiger partial charge in [-0.05, 0) is 18.4 Å². The number of aliphatic hydroxyl groups excluding tert-OH is 3. The van der Waals surface area contributed by atoms with Crippen molar-refractivity contribution in [2.45, 2.75) is 179 Å². The summed E-state index contributed by atoms with van der Waals surface area (Å²) in [6, 6.07) is 7.27. The van der Waals surface area contributed by atoms with Crippen LogP contribution in [0.2, 0.25) is 0 Å². The predicted octanol–water partition coefficient (Wildman–Crippen LogP) is 7.20. The maximum absolute atomic E-state index is 13.8. The summed E-state index contributed by atoms with van der Waals surface area (Å²) in [5.41, 5.74) is 6.40. The van der Waals surface area contributed by atoms with Crippen molar-refractivity contribution < 1.29 is 43.9 Å². The van der Waals surface area contributed by atoms with E-state index >= 15 is 0 Å². The molecule has 5 atom stereocenters. The van der Waals surface area contributed by atoms with Crippen molar-refractivity contribution in [3.63, 3.8) is 0 Å². The maximum Gasteiger partial charge on any atom is 0.417 e. The molecule has 0 aliphatic carbocycles. The van der Waals surface area contributed by atoms with Gasteiger partial charge in [-0.1, -0.05) is 160 Å². The number of amides is 3. The second-order valence-corrected chi connectivity index (χ2v) is 14.4. The number of imide groups is 1. The van der Waals surface area contributed by atoms with Gasteiger partial charge in [-0.2, -0.15) is 0 Å². The standard InChI is InChI=1S/C41H71N3O9/c1-3-5-7-9-11-13-15-17-19-24-28-43(40(49)51-29-25-20-18-16-14-12-10-8-6-4-2)39-36(38(48)37(47)34(31-45)53-39)44(35(46)30-42)41(50)52-32-33-26-22-21-23-27-33/h21-23,26-27,34,36-39,45,47-48H,3-20,24-25,28-32,42H2,1-2H3/t34-,36-,37+,38-,39-/m1/s1. The monoisotopic (exact) mass is 750 g/mol. The second-order valence-electron chi connectivity index (χ2n) is 14.4. The Balaban J connectivity index is 2.19. The highest BCUT2D eigenvalue weighted by atomic mass is 16.6. The number of unbranched alkanes of at least 4 members (excludes halogenated alkanes) is 18. The first-order valence-electron chi connectivity index (χ1n) is 20.6. The molecular formula is C41H71N3O9. The van der Waals surface area contributed by atoms with Gasteiger partial charge >= 0.3 is 12.2 Å². The molecule has 3 amide bonds. The van der Waals surface area contributed by atoms with E-state index in [4.69, 9.17) is 19.9 Å². The van der Waals surface area contributed by atoms with Gasteiger partial charge in [0.25, 0.3) is 0 Å². The first kappa shape index (κ1) is 46.4. The smallest absolute Gasteiger partial charge is 0.417 e. The van der Waals surface area contributed by atoms with Crippen molar-refractivity contribution in [3.8, 4) is 0 Å². The van der Waals surface area contributed by atoms with E-state index in [0.717, 1.165) is 44.9 Å². The van der Waals surface area contributed by atoms with Crippen LogP contribution < -0.4 is 5.73 Å². The molecule has 0 spiro atoms. The van der Waals surface area contributed by atoms with E-state index in [9.17, 15) is 29.7 Å². The molecule has 0 radical (unpaired) electrons. The van der Waals surface area contributed by atoms with E-state index in [-0.39, 0.29) is 19.8 Å². The number of hydrogen-bond acceptors (Lipinski definition) is 10. The third-order valence-corrected chi connectivity index (χ3v) is 10.0. The average molecular weight is 750 g/mol. The largest absolute Gasteiger partial charge is 0.449 e. The molecule has 2 rings (SSSR count). The molecule has 0 bridgehead atoms. The minimum Gasteiger partial charge on any atom is -0.449 e. The van der Waals surface area contributed by atoms with Gasteiger partial charge in [0.05, 0.1) is 19.8 Å². The molecule has 0 unspecified atom stereocenters. The predicted molar refractivity (Wildman–Crippen MR) is 206 cm³/mol. The number of rotatable bonds is 28. The van der Waals surface area contributed by atoms with Crippen LogP contribution in [0.5, 0.6) is 0 Å². The van der Waals surface area contributed by atoms with Gasteiger partial charge in [0.15, 0.2) is 6.23 Å². The van der Waals surface area contributed by atoms with E-state index in [0.29, 0.717) is 23.3 Å². The van der Waals surface area contributed by atoms with Gasteiger partial charge in [0, 0.05) is 6.54 Å². The molecule has 1 fully saturated rings. The van der Waals surface area contributed by atoms with E-state index in [1.54, 1.807) is 24.3 Å². The number of carbonyl (C=O) groups is 3. The maximum atomic E-state index is 13.8. The molecule has 12 heteroatoms. The number of nitrogens with zero attached hydrogens (tertiary/aromatic N) is 2. The van der Waals surface area contributed by atoms with Gasteiger partial charge in [-0.15, -0.1) is 0 Å². The lowest BCUT2D eigenvalue weighted by Crippen LogP contribution is -2.70. The van der Waals surface area contributed by atoms with Crippen LogP contribution in [0.15, 0.2) is 30.3 Å². The zero-order valence-corrected chi connectivity index (χ0v) is 32.7. The lowest BCUT2D eigenvalue weighted by atomic mass is 9.94. The normalized spacial score (nSPS) is 19.8. The van der Waals surface area contributed by atoms with Crippen LogP contribution in [0.4, 0.5) is 9.59 Å². The Morgan fingerprint density at radius 2 is 1.21 bits per heavy atom. The average Bonchev–Trinajstić information content (AvgIpc) is 3.17. The summed E-state index contributed by atoms with van der Waals surface area (Å²) in [7, 11) is 0. The molecule has 1 aromatic rings. The van der Waals surface area contributed by atoms with Crippen molar-refractivity contribution >= 4 is 18.1 Å². The third-order valence-electron chi connectivity index (χ3n) is 10.0. The summed E-state index contributed by atoms with van der Waals surface area (Å²) in [4.78, 5) is 42.6. The molecule has 0 aromatic heterocycles. The summed E-state index contributed by atoms with van der Waals surface area (Å²) in [6.07, 6.45) is 13.9. The Kier molecular flexibility index (Phi) is 25.1. The molecule has 0 saturated carbocycles. The zero-order valence-electron chi connectivity index (χ0n) is 32.7. The fourth-order valence-electron chi connectivity index (χ4n) is 6.82. The van der Waals surface area contributed by atoms with Crippen LogP contribution in [-0.4, -0.2) is 100 Å². The highest BCUT2D eigenvalue weighted by molar-refractivity contribution is 5.93. The molecule has 12 nitrogen and oxygen atoms in total. The zero-order chi connectivity index (χ0) is 38.7. The van der Waals surface area contributed by atoms with Gasteiger partial charge in [0.1, 0.15) is 31.0 Å². The van der Waals surface area contributed by atoms with Crippen molar-refractivity contribution in [2.75, 3.05) is 26.3 Å². The molecule has 5 N–H and O–H groups in total. The second kappa shape index (κ2) is 28.6. The van der Waals surface area contributed by atoms with E-state index in [1.807, 2.05) is 6.07 Å². The Morgan fingerprint density at radius 1 is 0.698 bits per heavy atom. The number of benzene rings is 1. The molecule has 1 aliphatic heterocycles. The number of nitrogens with two attached hydrogens (primary N) is 1. The Bertz CT molecular complexity index is 1110. The SMILES string of the molecule is CCCCCCCCCCCCOC(=O)N(CCCCCCCCCCCC)[C@@H]1O[C@H](CO)[C@H](O)[C@H](O)[C@H]1N(C(=O)CN)C(=O)OCc1ccccc1. The lowest BCUT2D eigenvalue weighted by molar-refractivity contribution is -0.240. The minimum absolute atomic E-state index is 0.138. The van der Waals surface area contributed by atoms with Crippen LogP contribution in [-0.2, 0) is 25.6 Å². The summed E-state index contributed by atoms with van der Waals surface area (Å²) < 4.78 is 17.3. The fraction of sp³-hybridized carbons (Fsp3) is 0.780. The van der Waals surface area contributed by atoms with E-state index < -0.39 is 61.8 Å². The van der Waals surface area contributed by atoms with Crippen molar-refractivity contribution in [2.24, 2.45) is 5.73 Å². The summed E-state index contributed by atoms with van der Waals surface area (Å²) in [5, 5.41) is 32.5. The number of hydrogen-bond donors (Lipinski definition) is 4. The van der Waals surface area contributed by atoms with Crippen molar-refractivity contribution in [1.29, 1.82) is 0 Å². The van der Waals surface area contributed by atoms with Gasteiger partial charge < -0.3 is 35.3 Å². The number of carbonyl (C=O) groups excluding carboxylic acids is 3. The Morgan fingerprint density at radius 3 is 1.72 bits per heavy atom. The Hall–Kier alpha value is -2.77. The quantitative estimate of drug-likeness (QED) is 0.0642. The first-order valence-corrected chi connectivity index (χ1v) is 20.6. The molecule has 1 aliphatic rings. The fourth-order valence-corrected chi connectivity index (χ4v) is 6.82. The summed E-state index contributed by atoms with van der Waals surface area (Å²) in [5.74, 6) is -0.895. The molecule has 1 saturated heterocycles. The summed E-state index contributed by atoms with van der Waals surface area (Å²) >= 11 is 0. The first-order chi connectivity index (χ1) is 25.8. The molecular weight excluding hydrogens is 678 g/mol. The third kappa shape index (κ3) is 17.5. The van der Waals surface area contributed by atoms with E-state index in [1.165, 1.54) is 75.5 Å². The van der Waals surface area contributed by atoms with Crippen LogP contribution >= 0.6 is 0 Å². The number of ether oxygens (including phenoxy) is 3. The van der Waals surface area contributed by atoms with Crippen LogP contribution in [0.3, 0.4) is 0 Å². The molecule has 304 valence electrons. The lowest BCUT2D eigenvalue weighted by Gasteiger charge is -2.48. The van der Waals surface area contributed by atoms with Gasteiger partial charge in [0.2, 0.25) is 5.91 Å². The molecule has 53 heavy (non-hydrogen) atoms. The van der Waals surface area contributed by atoms with Gasteiger partial charge in [-0.3, -0.25) is 9.69 Å². The van der Waals surface area contributed by atoms with E-state index in [2.05, 4.69) is 13.8 Å². The van der Waals surface area contributed by atoms with Crippen LogP contribution in [0.1, 0.15) is 148 Å². The molecule has 1 heterocycles. The van der Waals surface area contributed by atoms with Crippen molar-refractivity contribution in [3.05, 3.63) is 35.9 Å². The van der Waals surface area contributed by atoms with Crippen LogP contribution in [0.25, 0.3) is 0 Å². The highest BCUT2D eigenvalue weighted by Gasteiger charge is 2.53.